The Morgan fingerprint density at radius 1 is 1.37 bits per heavy atom. The summed E-state index contributed by atoms with van der Waals surface area (Å²) in [4.78, 5) is 4.19. The van der Waals surface area contributed by atoms with Gasteiger partial charge in [0.2, 0.25) is 0 Å². The molecular formula is C14H17FN2OS. The molecule has 1 aromatic carbocycles. The zero-order chi connectivity index (χ0) is 13.7. The van der Waals surface area contributed by atoms with Gasteiger partial charge in [0.25, 0.3) is 0 Å². The molecule has 3 nitrogen and oxygen atoms in total. The second-order valence-corrected chi connectivity index (χ2v) is 5.28. The van der Waals surface area contributed by atoms with Crippen LogP contribution in [0.1, 0.15) is 30.7 Å². The summed E-state index contributed by atoms with van der Waals surface area (Å²) in [6, 6.07) is 6.12. The Morgan fingerprint density at radius 2 is 2.11 bits per heavy atom. The van der Waals surface area contributed by atoms with E-state index in [0.717, 1.165) is 11.3 Å². The molecule has 0 aliphatic rings. The molecule has 1 heterocycles. The molecule has 0 spiro atoms. The largest absolute Gasteiger partial charge is 0.388 e. The Kier molecular flexibility index (Phi) is 5.01. The number of hydrogen-bond acceptors (Lipinski definition) is 4. The van der Waals surface area contributed by atoms with Crippen molar-refractivity contribution in [2.75, 3.05) is 0 Å². The van der Waals surface area contributed by atoms with Gasteiger partial charge in [0.05, 0.1) is 17.3 Å². The van der Waals surface area contributed by atoms with E-state index in [4.69, 9.17) is 0 Å². The molecule has 102 valence electrons. The van der Waals surface area contributed by atoms with Crippen molar-refractivity contribution in [3.05, 3.63) is 52.2 Å². The highest BCUT2D eigenvalue weighted by atomic mass is 32.1. The lowest BCUT2D eigenvalue weighted by Gasteiger charge is -2.17. The summed E-state index contributed by atoms with van der Waals surface area (Å²) in [5, 5.41) is 15.4. The maximum absolute atomic E-state index is 12.8. The average Bonchev–Trinajstić information content (AvgIpc) is 2.90. The molecule has 0 bridgehead atoms. The van der Waals surface area contributed by atoms with Crippen LogP contribution < -0.4 is 5.32 Å². The zero-order valence-corrected chi connectivity index (χ0v) is 11.5. The molecule has 0 fully saturated rings. The number of halogens is 1. The highest BCUT2D eigenvalue weighted by molar-refractivity contribution is 7.07. The Bertz CT molecular complexity index is 487. The third-order valence-corrected chi connectivity index (χ3v) is 3.58. The molecule has 0 amide bonds. The number of nitrogens with one attached hydrogen (secondary N) is 1. The van der Waals surface area contributed by atoms with E-state index in [0.29, 0.717) is 13.0 Å². The third-order valence-electron chi connectivity index (χ3n) is 2.95. The first kappa shape index (κ1) is 14.1. The van der Waals surface area contributed by atoms with Gasteiger partial charge in [-0.1, -0.05) is 12.1 Å². The number of thiazole rings is 1. The summed E-state index contributed by atoms with van der Waals surface area (Å²) in [6.45, 7) is 2.71. The molecule has 2 rings (SSSR count). The van der Waals surface area contributed by atoms with E-state index in [1.54, 1.807) is 29.0 Å². The van der Waals surface area contributed by atoms with Gasteiger partial charge in [0.1, 0.15) is 5.82 Å². The molecule has 2 aromatic rings. The van der Waals surface area contributed by atoms with Crippen LogP contribution in [0.2, 0.25) is 0 Å². The minimum Gasteiger partial charge on any atom is -0.388 e. The molecule has 0 saturated heterocycles. The Morgan fingerprint density at radius 3 is 2.74 bits per heavy atom. The maximum Gasteiger partial charge on any atom is 0.123 e. The zero-order valence-electron chi connectivity index (χ0n) is 10.7. The maximum atomic E-state index is 12.8. The van der Waals surface area contributed by atoms with Crippen LogP contribution in [0.15, 0.2) is 35.2 Å². The fraction of sp³-hybridized carbons (Fsp3) is 0.357. The standard InChI is InChI=1S/C14H17FN2OS/c1-10(16-7-13-8-19-9-17-13)6-14(18)11-2-4-12(15)5-3-11/h2-5,8-10,14,16,18H,6-7H2,1H3/t10-,14-/m1/s1. The van der Waals surface area contributed by atoms with Gasteiger partial charge in [-0.25, -0.2) is 9.37 Å². The van der Waals surface area contributed by atoms with Crippen molar-refractivity contribution >= 4 is 11.3 Å². The number of nitrogens with zero attached hydrogens (tertiary/aromatic N) is 1. The SMILES string of the molecule is C[C@H](C[C@@H](O)c1ccc(F)cc1)NCc1cscn1. The topological polar surface area (TPSA) is 45.1 Å². The van der Waals surface area contributed by atoms with Gasteiger partial charge < -0.3 is 10.4 Å². The van der Waals surface area contributed by atoms with E-state index >= 15 is 0 Å². The van der Waals surface area contributed by atoms with Gasteiger partial charge >= 0.3 is 0 Å². The minimum atomic E-state index is -0.585. The van der Waals surface area contributed by atoms with Crippen molar-refractivity contribution in [1.82, 2.24) is 10.3 Å². The van der Waals surface area contributed by atoms with Gasteiger partial charge in [-0.15, -0.1) is 11.3 Å². The molecule has 0 saturated carbocycles. The molecule has 0 aliphatic carbocycles. The van der Waals surface area contributed by atoms with Crippen molar-refractivity contribution in [3.8, 4) is 0 Å². The monoisotopic (exact) mass is 280 g/mol. The number of benzene rings is 1. The van der Waals surface area contributed by atoms with Crippen LogP contribution >= 0.6 is 11.3 Å². The summed E-state index contributed by atoms with van der Waals surface area (Å²) in [7, 11) is 0. The van der Waals surface area contributed by atoms with Crippen molar-refractivity contribution in [2.45, 2.75) is 32.0 Å². The summed E-state index contributed by atoms with van der Waals surface area (Å²) < 4.78 is 12.8. The number of aliphatic hydroxyl groups is 1. The summed E-state index contributed by atoms with van der Waals surface area (Å²) in [6.07, 6.45) is -0.00555. The number of rotatable bonds is 6. The van der Waals surface area contributed by atoms with Crippen LogP contribution in [0.5, 0.6) is 0 Å². The predicted molar refractivity (Wildman–Crippen MR) is 74.4 cm³/mol. The highest BCUT2D eigenvalue weighted by Gasteiger charge is 2.12. The number of aliphatic hydroxyl groups excluding tert-OH is 1. The lowest BCUT2D eigenvalue weighted by atomic mass is 10.0. The molecule has 2 atom stereocenters. The van der Waals surface area contributed by atoms with Crippen LogP contribution in [0.4, 0.5) is 4.39 Å². The van der Waals surface area contributed by atoms with E-state index in [1.165, 1.54) is 12.1 Å². The normalized spacial score (nSPS) is 14.3. The van der Waals surface area contributed by atoms with E-state index in [9.17, 15) is 9.50 Å². The van der Waals surface area contributed by atoms with Crippen molar-refractivity contribution < 1.29 is 9.50 Å². The van der Waals surface area contributed by atoms with E-state index in [1.807, 2.05) is 12.3 Å². The molecule has 1 aromatic heterocycles. The Balaban J connectivity index is 1.81. The summed E-state index contributed by atoms with van der Waals surface area (Å²) in [5.74, 6) is -0.286. The highest BCUT2D eigenvalue weighted by Crippen LogP contribution is 2.18. The summed E-state index contributed by atoms with van der Waals surface area (Å²) in [5.41, 5.74) is 3.55. The molecule has 0 aliphatic heterocycles. The Hall–Kier alpha value is -1.30. The molecular weight excluding hydrogens is 263 g/mol. The number of aromatic nitrogens is 1. The third kappa shape index (κ3) is 4.38. The van der Waals surface area contributed by atoms with E-state index < -0.39 is 6.10 Å². The summed E-state index contributed by atoms with van der Waals surface area (Å²) >= 11 is 1.57. The second-order valence-electron chi connectivity index (χ2n) is 4.56. The van der Waals surface area contributed by atoms with Gasteiger partial charge in [0.15, 0.2) is 0 Å². The molecule has 0 unspecified atom stereocenters. The van der Waals surface area contributed by atoms with Crippen LogP contribution in [0.25, 0.3) is 0 Å². The van der Waals surface area contributed by atoms with E-state index in [-0.39, 0.29) is 11.9 Å². The van der Waals surface area contributed by atoms with E-state index in [2.05, 4.69) is 10.3 Å². The fourth-order valence-corrected chi connectivity index (χ4v) is 2.40. The first-order valence-corrected chi connectivity index (χ1v) is 7.13. The molecule has 2 N–H and O–H groups in total. The van der Waals surface area contributed by atoms with Crippen LogP contribution in [-0.4, -0.2) is 16.1 Å². The van der Waals surface area contributed by atoms with Crippen LogP contribution in [0.3, 0.4) is 0 Å². The van der Waals surface area contributed by atoms with Crippen LogP contribution in [0, 0.1) is 5.82 Å². The first-order valence-electron chi connectivity index (χ1n) is 6.19. The quantitative estimate of drug-likeness (QED) is 0.855. The smallest absolute Gasteiger partial charge is 0.123 e. The average molecular weight is 280 g/mol. The Labute approximate surface area is 116 Å². The van der Waals surface area contributed by atoms with Gasteiger partial charge in [0, 0.05) is 18.0 Å². The number of hydrogen-bond donors (Lipinski definition) is 2. The lowest BCUT2D eigenvalue weighted by Crippen LogP contribution is -2.27. The van der Waals surface area contributed by atoms with Gasteiger partial charge in [-0.2, -0.15) is 0 Å². The first-order chi connectivity index (χ1) is 9.15. The van der Waals surface area contributed by atoms with Gasteiger partial charge in [-0.3, -0.25) is 0 Å². The predicted octanol–water partition coefficient (Wildman–Crippen LogP) is 2.88. The van der Waals surface area contributed by atoms with Crippen molar-refractivity contribution in [2.24, 2.45) is 0 Å². The van der Waals surface area contributed by atoms with Crippen molar-refractivity contribution in [1.29, 1.82) is 0 Å². The fourth-order valence-electron chi connectivity index (χ4n) is 1.84. The second kappa shape index (κ2) is 6.75. The van der Waals surface area contributed by atoms with Gasteiger partial charge in [-0.05, 0) is 31.0 Å². The minimum absolute atomic E-state index is 0.154. The van der Waals surface area contributed by atoms with Crippen molar-refractivity contribution in [3.63, 3.8) is 0 Å². The van der Waals surface area contributed by atoms with Crippen LogP contribution in [-0.2, 0) is 6.54 Å². The molecule has 5 heteroatoms. The molecule has 0 radical (unpaired) electrons. The molecule has 19 heavy (non-hydrogen) atoms. The lowest BCUT2D eigenvalue weighted by molar-refractivity contribution is 0.153.